The molecule has 3 unspecified atom stereocenters. The Morgan fingerprint density at radius 2 is 1.88 bits per heavy atom. The average molecular weight is 365 g/mol. The van der Waals surface area contributed by atoms with Gasteiger partial charge in [0, 0.05) is 51.2 Å². The molecule has 6 heteroatoms. The Bertz CT molecular complexity index is 498. The maximum Gasteiger partial charge on any atom is 0.317 e. The second-order valence-corrected chi connectivity index (χ2v) is 9.01. The summed E-state index contributed by atoms with van der Waals surface area (Å²) < 4.78 is 0. The number of carbonyl (C=O) groups is 2. The number of fused-ring (bicyclic) bond motifs is 2. The average Bonchev–Trinajstić information content (AvgIpc) is 2.96. The first-order valence-electron chi connectivity index (χ1n) is 10.5. The third-order valence-electron chi connectivity index (χ3n) is 6.32. The highest BCUT2D eigenvalue weighted by Gasteiger charge is 2.37. The molecule has 3 aliphatic rings. The molecule has 3 aliphatic heterocycles. The predicted octanol–water partition coefficient (Wildman–Crippen LogP) is 2.20. The highest BCUT2D eigenvalue weighted by molar-refractivity contribution is 5.77. The smallest absolute Gasteiger partial charge is 0.317 e. The standard InChI is InChI=1S/C20H36N4O2/c1-14(2)12-21-20(26)24-8-4-5-15(13-24)9-19(25)23(3)18-10-16-6-7-17(11-18)22-16/h14-18,22H,4-13H2,1-3H3,(H,21,26). The Morgan fingerprint density at radius 1 is 1.19 bits per heavy atom. The maximum absolute atomic E-state index is 12.8. The van der Waals surface area contributed by atoms with E-state index >= 15 is 0 Å². The SMILES string of the molecule is CC(C)CNC(=O)N1CCCC(CC(=O)N(C)C2CC3CCC(C2)N3)C1. The van der Waals surface area contributed by atoms with Gasteiger partial charge < -0.3 is 20.4 Å². The predicted molar refractivity (Wildman–Crippen MR) is 103 cm³/mol. The Labute approximate surface area is 158 Å². The first-order chi connectivity index (χ1) is 12.4. The van der Waals surface area contributed by atoms with Crippen LogP contribution in [0.15, 0.2) is 0 Å². The summed E-state index contributed by atoms with van der Waals surface area (Å²) in [5.74, 6) is 1.00. The van der Waals surface area contributed by atoms with Crippen molar-refractivity contribution in [1.82, 2.24) is 20.4 Å². The molecule has 0 aromatic rings. The van der Waals surface area contributed by atoms with Crippen molar-refractivity contribution < 1.29 is 9.59 Å². The molecule has 3 fully saturated rings. The molecule has 0 spiro atoms. The number of nitrogens with zero attached hydrogens (tertiary/aromatic N) is 2. The molecular weight excluding hydrogens is 328 g/mol. The van der Waals surface area contributed by atoms with Gasteiger partial charge in [-0.05, 0) is 50.4 Å². The Hall–Kier alpha value is -1.30. The highest BCUT2D eigenvalue weighted by Crippen LogP contribution is 2.30. The fourth-order valence-corrected chi connectivity index (χ4v) is 4.76. The molecule has 3 rings (SSSR count). The minimum absolute atomic E-state index is 0.0270. The molecule has 3 saturated heterocycles. The first-order valence-corrected chi connectivity index (χ1v) is 10.5. The summed E-state index contributed by atoms with van der Waals surface area (Å²) in [5.41, 5.74) is 0. The number of carbonyl (C=O) groups excluding carboxylic acids is 2. The number of nitrogens with one attached hydrogen (secondary N) is 2. The van der Waals surface area contributed by atoms with Gasteiger partial charge in [-0.1, -0.05) is 13.8 Å². The summed E-state index contributed by atoms with van der Waals surface area (Å²) in [6.07, 6.45) is 7.31. The number of rotatable bonds is 5. The van der Waals surface area contributed by atoms with Crippen LogP contribution in [0.4, 0.5) is 4.79 Å². The van der Waals surface area contributed by atoms with E-state index in [0.717, 1.165) is 32.2 Å². The fourth-order valence-electron chi connectivity index (χ4n) is 4.76. The highest BCUT2D eigenvalue weighted by atomic mass is 16.2. The molecule has 0 aromatic carbocycles. The van der Waals surface area contributed by atoms with E-state index in [4.69, 9.17) is 0 Å². The largest absolute Gasteiger partial charge is 0.343 e. The zero-order chi connectivity index (χ0) is 18.7. The van der Waals surface area contributed by atoms with Gasteiger partial charge in [-0.2, -0.15) is 0 Å². The van der Waals surface area contributed by atoms with Crippen LogP contribution in [0.25, 0.3) is 0 Å². The van der Waals surface area contributed by atoms with Crippen molar-refractivity contribution in [3.05, 3.63) is 0 Å². The molecule has 2 N–H and O–H groups in total. The topological polar surface area (TPSA) is 64.7 Å². The van der Waals surface area contributed by atoms with Crippen molar-refractivity contribution in [3.8, 4) is 0 Å². The Balaban J connectivity index is 1.46. The van der Waals surface area contributed by atoms with Crippen LogP contribution < -0.4 is 10.6 Å². The molecular formula is C20H36N4O2. The van der Waals surface area contributed by atoms with E-state index in [1.165, 1.54) is 12.8 Å². The Morgan fingerprint density at radius 3 is 2.54 bits per heavy atom. The maximum atomic E-state index is 12.8. The molecule has 0 saturated carbocycles. The zero-order valence-corrected chi connectivity index (χ0v) is 16.7. The summed E-state index contributed by atoms with van der Waals surface area (Å²) in [4.78, 5) is 29.0. The van der Waals surface area contributed by atoms with Crippen LogP contribution >= 0.6 is 0 Å². The summed E-state index contributed by atoms with van der Waals surface area (Å²) in [5, 5.41) is 6.65. The number of hydrogen-bond donors (Lipinski definition) is 2. The number of urea groups is 1. The minimum Gasteiger partial charge on any atom is -0.343 e. The first kappa shape index (κ1) is 19.5. The van der Waals surface area contributed by atoms with Crippen LogP contribution in [0.3, 0.4) is 0 Å². The van der Waals surface area contributed by atoms with Crippen LogP contribution in [-0.2, 0) is 4.79 Å². The van der Waals surface area contributed by atoms with Crippen molar-refractivity contribution in [3.63, 3.8) is 0 Å². The third-order valence-corrected chi connectivity index (χ3v) is 6.32. The number of amides is 3. The van der Waals surface area contributed by atoms with Crippen molar-refractivity contribution in [2.75, 3.05) is 26.7 Å². The van der Waals surface area contributed by atoms with Crippen molar-refractivity contribution >= 4 is 11.9 Å². The summed E-state index contributed by atoms with van der Waals surface area (Å²) in [7, 11) is 1.98. The molecule has 3 heterocycles. The molecule has 3 amide bonds. The molecule has 0 radical (unpaired) electrons. The van der Waals surface area contributed by atoms with Crippen LogP contribution in [0.2, 0.25) is 0 Å². The van der Waals surface area contributed by atoms with E-state index < -0.39 is 0 Å². The number of likely N-dealkylation sites (tertiary alicyclic amines) is 1. The lowest BCUT2D eigenvalue weighted by atomic mass is 9.93. The minimum atomic E-state index is 0.0270. The van der Waals surface area contributed by atoms with Gasteiger partial charge in [-0.15, -0.1) is 0 Å². The van der Waals surface area contributed by atoms with Gasteiger partial charge in [0.15, 0.2) is 0 Å². The molecule has 0 aromatic heterocycles. The third kappa shape index (κ3) is 4.90. The van der Waals surface area contributed by atoms with E-state index in [9.17, 15) is 9.59 Å². The van der Waals surface area contributed by atoms with Crippen LogP contribution in [0.1, 0.15) is 58.8 Å². The normalized spacial score (nSPS) is 31.2. The Kier molecular flexibility index (Phi) is 6.43. The van der Waals surface area contributed by atoms with Gasteiger partial charge in [0.05, 0.1) is 0 Å². The second kappa shape index (κ2) is 8.59. The zero-order valence-electron chi connectivity index (χ0n) is 16.7. The van der Waals surface area contributed by atoms with Gasteiger partial charge in [0.1, 0.15) is 0 Å². The van der Waals surface area contributed by atoms with Crippen LogP contribution in [-0.4, -0.2) is 66.5 Å². The van der Waals surface area contributed by atoms with E-state index in [1.54, 1.807) is 0 Å². The summed E-state index contributed by atoms with van der Waals surface area (Å²) >= 11 is 0. The lowest BCUT2D eigenvalue weighted by molar-refractivity contribution is -0.134. The quantitative estimate of drug-likeness (QED) is 0.786. The second-order valence-electron chi connectivity index (χ2n) is 9.01. The summed E-state index contributed by atoms with van der Waals surface area (Å²) in [6, 6.07) is 1.61. The number of piperidine rings is 2. The lowest BCUT2D eigenvalue weighted by Crippen LogP contribution is -2.50. The van der Waals surface area contributed by atoms with Crippen molar-refractivity contribution in [2.24, 2.45) is 11.8 Å². The molecule has 148 valence electrons. The van der Waals surface area contributed by atoms with E-state index in [1.807, 2.05) is 16.8 Å². The monoisotopic (exact) mass is 364 g/mol. The fraction of sp³-hybridized carbons (Fsp3) is 0.900. The molecule has 3 atom stereocenters. The van der Waals surface area contributed by atoms with E-state index in [0.29, 0.717) is 49.5 Å². The van der Waals surface area contributed by atoms with E-state index in [2.05, 4.69) is 24.5 Å². The molecule has 2 bridgehead atoms. The summed E-state index contributed by atoms with van der Waals surface area (Å²) in [6.45, 7) is 6.42. The van der Waals surface area contributed by atoms with E-state index in [-0.39, 0.29) is 11.9 Å². The van der Waals surface area contributed by atoms with Gasteiger partial charge in [0.25, 0.3) is 0 Å². The molecule has 0 aliphatic carbocycles. The molecule has 6 nitrogen and oxygen atoms in total. The van der Waals surface area contributed by atoms with Crippen molar-refractivity contribution in [1.29, 1.82) is 0 Å². The van der Waals surface area contributed by atoms with Crippen LogP contribution in [0, 0.1) is 11.8 Å². The van der Waals surface area contributed by atoms with Crippen molar-refractivity contribution in [2.45, 2.75) is 76.9 Å². The number of hydrogen-bond acceptors (Lipinski definition) is 3. The van der Waals surface area contributed by atoms with Gasteiger partial charge >= 0.3 is 6.03 Å². The van der Waals surface area contributed by atoms with Crippen LogP contribution in [0.5, 0.6) is 0 Å². The lowest BCUT2D eigenvalue weighted by Gasteiger charge is -2.37. The van der Waals surface area contributed by atoms with Gasteiger partial charge in [0.2, 0.25) is 5.91 Å². The van der Waals surface area contributed by atoms with Gasteiger partial charge in [-0.3, -0.25) is 4.79 Å². The van der Waals surface area contributed by atoms with Gasteiger partial charge in [-0.25, -0.2) is 4.79 Å². The molecule has 26 heavy (non-hydrogen) atoms.